The van der Waals surface area contributed by atoms with Crippen molar-refractivity contribution < 1.29 is 9.53 Å². The summed E-state index contributed by atoms with van der Waals surface area (Å²) in [5, 5.41) is 3.23. The van der Waals surface area contributed by atoms with Gasteiger partial charge < -0.3 is 15.0 Å². The molecule has 0 aromatic carbocycles. The van der Waals surface area contributed by atoms with Gasteiger partial charge in [0.15, 0.2) is 0 Å². The van der Waals surface area contributed by atoms with Crippen LogP contribution in [0.25, 0.3) is 0 Å². The van der Waals surface area contributed by atoms with Gasteiger partial charge in [0.2, 0.25) is 11.8 Å². The molecule has 0 saturated carbocycles. The lowest BCUT2D eigenvalue weighted by Crippen LogP contribution is -2.43. The molecule has 1 fully saturated rings. The molecule has 5 heteroatoms. The highest BCUT2D eigenvalue weighted by Crippen LogP contribution is 2.23. The summed E-state index contributed by atoms with van der Waals surface area (Å²) in [5.74, 6) is 0.694. The Balaban J connectivity index is 2.01. The molecule has 1 aromatic heterocycles. The van der Waals surface area contributed by atoms with E-state index in [2.05, 4.69) is 10.3 Å². The topological polar surface area (TPSA) is 54.5 Å². The van der Waals surface area contributed by atoms with Crippen LogP contribution in [0.15, 0.2) is 18.3 Å². The molecule has 1 N–H and O–H groups in total. The first-order valence-corrected chi connectivity index (χ1v) is 7.75. The molecule has 1 atom stereocenters. The first-order chi connectivity index (χ1) is 10.1. The summed E-state index contributed by atoms with van der Waals surface area (Å²) >= 11 is 0. The molecule has 1 aromatic rings. The van der Waals surface area contributed by atoms with E-state index >= 15 is 0 Å². The van der Waals surface area contributed by atoms with E-state index in [0.29, 0.717) is 5.88 Å². The molecule has 1 saturated heterocycles. The first-order valence-electron chi connectivity index (χ1n) is 7.75. The third-order valence-corrected chi connectivity index (χ3v) is 3.53. The molecule has 1 aliphatic heterocycles. The van der Waals surface area contributed by atoms with Crippen LogP contribution in [0.1, 0.15) is 40.0 Å². The van der Waals surface area contributed by atoms with Crippen molar-refractivity contribution in [2.45, 2.75) is 52.2 Å². The molecule has 0 aliphatic carbocycles. The Bertz CT molecular complexity index is 470. The molecule has 0 bridgehead atoms. The SMILES string of the molecule is CC(C)Oc1ncccc1NC(C)C(=O)N1CCCCC1. The number of piperidine rings is 1. The van der Waals surface area contributed by atoms with Crippen LogP contribution in [0.3, 0.4) is 0 Å². The van der Waals surface area contributed by atoms with Gasteiger partial charge in [-0.2, -0.15) is 0 Å². The fourth-order valence-corrected chi connectivity index (χ4v) is 2.50. The van der Waals surface area contributed by atoms with Gasteiger partial charge in [0.1, 0.15) is 6.04 Å². The van der Waals surface area contributed by atoms with Crippen LogP contribution < -0.4 is 10.1 Å². The normalized spacial score (nSPS) is 16.7. The van der Waals surface area contributed by atoms with Gasteiger partial charge >= 0.3 is 0 Å². The first kappa shape index (κ1) is 15.6. The molecule has 1 amide bonds. The smallest absolute Gasteiger partial charge is 0.244 e. The fourth-order valence-electron chi connectivity index (χ4n) is 2.50. The number of pyridine rings is 1. The highest BCUT2D eigenvalue weighted by Gasteiger charge is 2.23. The van der Waals surface area contributed by atoms with Crippen LogP contribution in [0, 0.1) is 0 Å². The molecule has 1 aliphatic rings. The summed E-state index contributed by atoms with van der Waals surface area (Å²) in [7, 11) is 0. The minimum absolute atomic E-state index is 0.0496. The second-order valence-corrected chi connectivity index (χ2v) is 5.77. The van der Waals surface area contributed by atoms with Crippen molar-refractivity contribution >= 4 is 11.6 Å². The van der Waals surface area contributed by atoms with E-state index in [9.17, 15) is 4.79 Å². The molecule has 0 spiro atoms. The largest absolute Gasteiger partial charge is 0.473 e. The average Bonchev–Trinajstić information content (AvgIpc) is 2.49. The molecular formula is C16H25N3O2. The molecule has 116 valence electrons. The highest BCUT2D eigenvalue weighted by molar-refractivity contribution is 5.84. The standard InChI is InChI=1S/C16H25N3O2/c1-12(2)21-15-14(8-7-9-17-15)18-13(3)16(20)19-10-5-4-6-11-19/h7-9,12-13,18H,4-6,10-11H2,1-3H3. The van der Waals surface area contributed by atoms with Crippen molar-refractivity contribution in [1.82, 2.24) is 9.88 Å². The number of rotatable bonds is 5. The Kier molecular flexibility index (Phi) is 5.42. The lowest BCUT2D eigenvalue weighted by molar-refractivity contribution is -0.132. The van der Waals surface area contributed by atoms with Crippen LogP contribution in [0.4, 0.5) is 5.69 Å². The maximum Gasteiger partial charge on any atom is 0.244 e. The van der Waals surface area contributed by atoms with E-state index in [1.165, 1.54) is 6.42 Å². The third kappa shape index (κ3) is 4.34. The van der Waals surface area contributed by atoms with Gasteiger partial charge in [-0.3, -0.25) is 4.79 Å². The number of anilines is 1. The number of hydrogen-bond acceptors (Lipinski definition) is 4. The van der Waals surface area contributed by atoms with Crippen molar-refractivity contribution in [2.24, 2.45) is 0 Å². The van der Waals surface area contributed by atoms with Crippen molar-refractivity contribution in [3.05, 3.63) is 18.3 Å². The van der Waals surface area contributed by atoms with Gasteiger partial charge in [-0.1, -0.05) is 0 Å². The molecule has 2 rings (SSSR count). The van der Waals surface area contributed by atoms with E-state index in [0.717, 1.165) is 31.6 Å². The van der Waals surface area contributed by atoms with Crippen LogP contribution in [0.5, 0.6) is 5.88 Å². The Labute approximate surface area is 126 Å². The number of aromatic nitrogens is 1. The summed E-state index contributed by atoms with van der Waals surface area (Å²) in [4.78, 5) is 18.6. The third-order valence-electron chi connectivity index (χ3n) is 3.53. The monoisotopic (exact) mass is 291 g/mol. The van der Waals surface area contributed by atoms with E-state index in [-0.39, 0.29) is 18.1 Å². The zero-order valence-electron chi connectivity index (χ0n) is 13.1. The molecule has 2 heterocycles. The number of nitrogens with one attached hydrogen (secondary N) is 1. The molecule has 21 heavy (non-hydrogen) atoms. The zero-order valence-corrected chi connectivity index (χ0v) is 13.1. The van der Waals surface area contributed by atoms with Gasteiger partial charge in [0, 0.05) is 19.3 Å². The number of amides is 1. The van der Waals surface area contributed by atoms with Crippen LogP contribution in [-0.4, -0.2) is 41.0 Å². The number of ether oxygens (including phenoxy) is 1. The summed E-state index contributed by atoms with van der Waals surface area (Å²) in [5.41, 5.74) is 0.768. The maximum atomic E-state index is 12.4. The summed E-state index contributed by atoms with van der Waals surface area (Å²) in [6.07, 6.45) is 5.18. The second kappa shape index (κ2) is 7.29. The number of carbonyl (C=O) groups excluding carboxylic acids is 1. The second-order valence-electron chi connectivity index (χ2n) is 5.77. The van der Waals surface area contributed by atoms with Crippen molar-refractivity contribution in [3.8, 4) is 5.88 Å². The quantitative estimate of drug-likeness (QED) is 0.906. The van der Waals surface area contributed by atoms with E-state index < -0.39 is 0 Å². The molecule has 1 unspecified atom stereocenters. The number of likely N-dealkylation sites (tertiary alicyclic amines) is 1. The Morgan fingerprint density at radius 2 is 2.00 bits per heavy atom. The maximum absolute atomic E-state index is 12.4. The average molecular weight is 291 g/mol. The Morgan fingerprint density at radius 1 is 1.29 bits per heavy atom. The van der Waals surface area contributed by atoms with Crippen molar-refractivity contribution in [2.75, 3.05) is 18.4 Å². The number of nitrogens with zero attached hydrogens (tertiary/aromatic N) is 2. The van der Waals surface area contributed by atoms with E-state index in [1.54, 1.807) is 6.20 Å². The Hall–Kier alpha value is -1.78. The molecule has 0 radical (unpaired) electrons. The summed E-state index contributed by atoms with van der Waals surface area (Å²) in [6, 6.07) is 3.46. The van der Waals surface area contributed by atoms with Gasteiger partial charge in [-0.25, -0.2) is 4.98 Å². The minimum atomic E-state index is -0.276. The van der Waals surface area contributed by atoms with Crippen molar-refractivity contribution in [3.63, 3.8) is 0 Å². The van der Waals surface area contributed by atoms with Gasteiger partial charge in [0.25, 0.3) is 0 Å². The lowest BCUT2D eigenvalue weighted by atomic mass is 10.1. The summed E-state index contributed by atoms with van der Waals surface area (Å²) < 4.78 is 5.67. The molecular weight excluding hydrogens is 266 g/mol. The van der Waals surface area contributed by atoms with Crippen LogP contribution in [0.2, 0.25) is 0 Å². The van der Waals surface area contributed by atoms with E-state index in [4.69, 9.17) is 4.74 Å². The lowest BCUT2D eigenvalue weighted by Gasteiger charge is -2.30. The predicted octanol–water partition coefficient (Wildman–Crippen LogP) is 2.68. The predicted molar refractivity (Wildman–Crippen MR) is 83.5 cm³/mol. The van der Waals surface area contributed by atoms with Crippen LogP contribution >= 0.6 is 0 Å². The molecule has 5 nitrogen and oxygen atoms in total. The van der Waals surface area contributed by atoms with Crippen molar-refractivity contribution in [1.29, 1.82) is 0 Å². The van der Waals surface area contributed by atoms with Crippen LogP contribution in [-0.2, 0) is 4.79 Å². The zero-order chi connectivity index (χ0) is 15.2. The number of hydrogen-bond donors (Lipinski definition) is 1. The fraction of sp³-hybridized carbons (Fsp3) is 0.625. The van der Waals surface area contributed by atoms with Gasteiger partial charge in [-0.05, 0) is 52.2 Å². The Morgan fingerprint density at radius 3 is 2.67 bits per heavy atom. The van der Waals surface area contributed by atoms with E-state index in [1.807, 2.05) is 37.8 Å². The van der Waals surface area contributed by atoms with Gasteiger partial charge in [0.05, 0.1) is 11.8 Å². The minimum Gasteiger partial charge on any atom is -0.473 e. The number of carbonyl (C=O) groups is 1. The van der Waals surface area contributed by atoms with Gasteiger partial charge in [-0.15, -0.1) is 0 Å². The summed E-state index contributed by atoms with van der Waals surface area (Å²) in [6.45, 7) is 7.55. The highest BCUT2D eigenvalue weighted by atomic mass is 16.5.